The number of methoxy groups -OCH3 is 1. The van der Waals surface area contributed by atoms with Crippen LogP contribution in [0.15, 0.2) is 22.7 Å². The Morgan fingerprint density at radius 2 is 2.15 bits per heavy atom. The number of urea groups is 1. The van der Waals surface area contributed by atoms with Crippen LogP contribution < -0.4 is 10.1 Å². The van der Waals surface area contributed by atoms with E-state index in [0.29, 0.717) is 15.9 Å². The molecule has 1 unspecified atom stereocenters. The van der Waals surface area contributed by atoms with Crippen molar-refractivity contribution in [3.8, 4) is 5.75 Å². The molecule has 0 saturated heterocycles. The van der Waals surface area contributed by atoms with E-state index >= 15 is 0 Å². The molecule has 0 aliphatic carbocycles. The number of carbonyl (C=O) groups is 2. The Hall–Kier alpha value is -1.76. The van der Waals surface area contributed by atoms with E-state index in [-0.39, 0.29) is 12.6 Å². The first-order chi connectivity index (χ1) is 9.35. The van der Waals surface area contributed by atoms with E-state index in [2.05, 4.69) is 21.2 Å². The molecule has 0 heterocycles. The molecule has 0 fully saturated rings. The van der Waals surface area contributed by atoms with Gasteiger partial charge >= 0.3 is 12.0 Å². The number of carboxylic acid groups (broad SMARTS) is 1. The molecule has 110 valence electrons. The number of anilines is 1. The van der Waals surface area contributed by atoms with Crippen molar-refractivity contribution in [2.75, 3.05) is 26.0 Å². The predicted molar refractivity (Wildman–Crippen MR) is 79.1 cm³/mol. The van der Waals surface area contributed by atoms with Crippen molar-refractivity contribution in [2.24, 2.45) is 5.92 Å². The van der Waals surface area contributed by atoms with Gasteiger partial charge in [-0.25, -0.2) is 4.79 Å². The van der Waals surface area contributed by atoms with Crippen LogP contribution in [0.4, 0.5) is 10.5 Å². The normalized spacial score (nSPS) is 11.6. The van der Waals surface area contributed by atoms with Crippen LogP contribution in [-0.2, 0) is 4.79 Å². The molecular formula is C13H17BrN2O4. The van der Waals surface area contributed by atoms with Gasteiger partial charge in [-0.1, -0.05) is 6.92 Å². The van der Waals surface area contributed by atoms with Gasteiger partial charge in [0.05, 0.1) is 18.7 Å². The quantitative estimate of drug-likeness (QED) is 0.860. The average Bonchev–Trinajstić information content (AvgIpc) is 2.40. The topological polar surface area (TPSA) is 78.9 Å². The number of nitrogens with zero attached hydrogens (tertiary/aromatic N) is 1. The molecule has 1 aromatic carbocycles. The van der Waals surface area contributed by atoms with Crippen LogP contribution >= 0.6 is 15.9 Å². The zero-order valence-electron chi connectivity index (χ0n) is 11.5. The monoisotopic (exact) mass is 344 g/mol. The predicted octanol–water partition coefficient (Wildman–Crippen LogP) is 2.64. The first kappa shape index (κ1) is 16.3. The Morgan fingerprint density at radius 3 is 2.70 bits per heavy atom. The van der Waals surface area contributed by atoms with Gasteiger partial charge in [-0.3, -0.25) is 4.79 Å². The number of hydrogen-bond acceptors (Lipinski definition) is 3. The molecule has 0 bridgehead atoms. The molecule has 0 aliphatic rings. The molecule has 1 rings (SSSR count). The molecule has 2 N–H and O–H groups in total. The molecule has 2 amide bonds. The Morgan fingerprint density at radius 1 is 1.50 bits per heavy atom. The van der Waals surface area contributed by atoms with E-state index in [1.54, 1.807) is 32.2 Å². The average molecular weight is 345 g/mol. The SMILES string of the molecule is COc1ccc(Br)c(NC(=O)N(C)CC(C)C(=O)O)c1. The van der Waals surface area contributed by atoms with Crippen LogP contribution in [0, 0.1) is 5.92 Å². The number of benzene rings is 1. The number of carbonyl (C=O) groups excluding carboxylic acids is 1. The van der Waals surface area contributed by atoms with Gasteiger partial charge in [0, 0.05) is 24.1 Å². The third-order valence-electron chi connectivity index (χ3n) is 2.73. The minimum Gasteiger partial charge on any atom is -0.497 e. The lowest BCUT2D eigenvalue weighted by atomic mass is 10.2. The summed E-state index contributed by atoms with van der Waals surface area (Å²) in [4.78, 5) is 24.1. The highest BCUT2D eigenvalue weighted by molar-refractivity contribution is 9.10. The van der Waals surface area contributed by atoms with Crippen molar-refractivity contribution >= 4 is 33.6 Å². The molecular weight excluding hydrogens is 328 g/mol. The summed E-state index contributed by atoms with van der Waals surface area (Å²) in [6, 6.07) is 4.81. The molecule has 0 aromatic heterocycles. The molecule has 1 aromatic rings. The largest absolute Gasteiger partial charge is 0.497 e. The second-order valence-corrected chi connectivity index (χ2v) is 5.25. The molecule has 0 aliphatic heterocycles. The van der Waals surface area contributed by atoms with Crippen LogP contribution in [0.5, 0.6) is 5.75 Å². The summed E-state index contributed by atoms with van der Waals surface area (Å²) in [6.45, 7) is 1.68. The Kier molecular flexibility index (Phi) is 5.82. The molecule has 7 heteroatoms. The number of carboxylic acids is 1. The minimum absolute atomic E-state index is 0.128. The summed E-state index contributed by atoms with van der Waals surface area (Å²) in [7, 11) is 3.08. The van der Waals surface area contributed by atoms with Crippen LogP contribution in [0.2, 0.25) is 0 Å². The lowest BCUT2D eigenvalue weighted by molar-refractivity contribution is -0.141. The van der Waals surface area contributed by atoms with E-state index in [0.717, 1.165) is 0 Å². The van der Waals surface area contributed by atoms with Gasteiger partial charge in [0.15, 0.2) is 0 Å². The minimum atomic E-state index is -0.938. The van der Waals surface area contributed by atoms with Gasteiger partial charge in [-0.2, -0.15) is 0 Å². The van der Waals surface area contributed by atoms with Crippen molar-refractivity contribution < 1.29 is 19.4 Å². The number of aliphatic carboxylic acids is 1. The van der Waals surface area contributed by atoms with Gasteiger partial charge < -0.3 is 20.1 Å². The van der Waals surface area contributed by atoms with E-state index in [1.807, 2.05) is 0 Å². The van der Waals surface area contributed by atoms with Crippen molar-refractivity contribution in [1.29, 1.82) is 0 Å². The summed E-state index contributed by atoms with van der Waals surface area (Å²) < 4.78 is 5.80. The summed E-state index contributed by atoms with van der Waals surface area (Å²) in [6.07, 6.45) is 0. The number of hydrogen-bond donors (Lipinski definition) is 2. The standard InChI is InChI=1S/C13H17BrN2O4/c1-8(12(17)18)7-16(2)13(19)15-11-6-9(20-3)4-5-10(11)14/h4-6,8H,7H2,1-3H3,(H,15,19)(H,17,18). The van der Waals surface area contributed by atoms with Crippen molar-refractivity contribution in [1.82, 2.24) is 4.90 Å². The molecule has 0 radical (unpaired) electrons. The number of halogens is 1. The van der Waals surface area contributed by atoms with Gasteiger partial charge in [0.25, 0.3) is 0 Å². The van der Waals surface area contributed by atoms with Crippen molar-refractivity contribution in [2.45, 2.75) is 6.92 Å². The van der Waals surface area contributed by atoms with Crippen molar-refractivity contribution in [3.05, 3.63) is 22.7 Å². The second kappa shape index (κ2) is 7.14. The zero-order chi connectivity index (χ0) is 15.3. The highest BCUT2D eigenvalue weighted by atomic mass is 79.9. The van der Waals surface area contributed by atoms with Crippen LogP contribution in [0.25, 0.3) is 0 Å². The van der Waals surface area contributed by atoms with Crippen molar-refractivity contribution in [3.63, 3.8) is 0 Å². The highest BCUT2D eigenvalue weighted by Crippen LogP contribution is 2.27. The third-order valence-corrected chi connectivity index (χ3v) is 3.42. The van der Waals surface area contributed by atoms with E-state index in [4.69, 9.17) is 9.84 Å². The van der Waals surface area contributed by atoms with E-state index in [9.17, 15) is 9.59 Å². The maximum Gasteiger partial charge on any atom is 0.321 e. The van der Waals surface area contributed by atoms with E-state index in [1.165, 1.54) is 12.0 Å². The third kappa shape index (κ3) is 4.41. The first-order valence-corrected chi connectivity index (χ1v) is 6.73. The Balaban J connectivity index is 2.72. The molecule has 20 heavy (non-hydrogen) atoms. The zero-order valence-corrected chi connectivity index (χ0v) is 13.1. The lowest BCUT2D eigenvalue weighted by Gasteiger charge is -2.20. The fraction of sp³-hybridized carbons (Fsp3) is 0.385. The maximum absolute atomic E-state index is 12.0. The van der Waals surface area contributed by atoms with Gasteiger partial charge in [-0.15, -0.1) is 0 Å². The van der Waals surface area contributed by atoms with Gasteiger partial charge in [-0.05, 0) is 28.1 Å². The van der Waals surface area contributed by atoms with Crippen LogP contribution in [-0.4, -0.2) is 42.7 Å². The fourth-order valence-corrected chi connectivity index (χ4v) is 1.86. The molecule has 0 saturated carbocycles. The Labute approximate surface area is 125 Å². The van der Waals surface area contributed by atoms with Crippen LogP contribution in [0.1, 0.15) is 6.92 Å². The number of rotatable bonds is 5. The fourth-order valence-electron chi connectivity index (χ4n) is 1.51. The molecule has 1 atom stereocenters. The summed E-state index contributed by atoms with van der Waals surface area (Å²) >= 11 is 3.33. The maximum atomic E-state index is 12.0. The van der Waals surface area contributed by atoms with Gasteiger partial charge in [0.2, 0.25) is 0 Å². The number of nitrogens with one attached hydrogen (secondary N) is 1. The number of ether oxygens (including phenoxy) is 1. The molecule has 0 spiro atoms. The van der Waals surface area contributed by atoms with Gasteiger partial charge in [0.1, 0.15) is 5.75 Å². The van der Waals surface area contributed by atoms with E-state index < -0.39 is 11.9 Å². The summed E-state index contributed by atoms with van der Waals surface area (Å²) in [5, 5.41) is 11.5. The van der Waals surface area contributed by atoms with Crippen LogP contribution in [0.3, 0.4) is 0 Å². The smallest absolute Gasteiger partial charge is 0.321 e. The first-order valence-electron chi connectivity index (χ1n) is 5.93. The second-order valence-electron chi connectivity index (χ2n) is 4.40. The Bertz CT molecular complexity index is 507. The molecule has 6 nitrogen and oxygen atoms in total. The highest BCUT2D eigenvalue weighted by Gasteiger charge is 2.18. The summed E-state index contributed by atoms with van der Waals surface area (Å²) in [5.41, 5.74) is 0.559. The lowest BCUT2D eigenvalue weighted by Crippen LogP contribution is -2.36. The number of amides is 2. The summed E-state index contributed by atoms with van der Waals surface area (Å²) in [5.74, 6) is -0.947.